The molecule has 1 spiro atoms. The Morgan fingerprint density at radius 1 is 0.361 bits per heavy atom. The van der Waals surface area contributed by atoms with Crippen LogP contribution in [-0.4, -0.2) is 4.98 Å². The number of fused-ring (bicyclic) bond motifs is 14. The number of hydrogen-bond acceptors (Lipinski definition) is 3. The Labute approximate surface area is 353 Å². The maximum Gasteiger partial charge on any atom is 0.137 e. The van der Waals surface area contributed by atoms with Crippen molar-refractivity contribution in [1.82, 2.24) is 4.98 Å². The third-order valence-corrected chi connectivity index (χ3v) is 13.1. The van der Waals surface area contributed by atoms with Gasteiger partial charge < -0.3 is 9.32 Å². The quantitative estimate of drug-likeness (QED) is 0.174. The first-order valence-electron chi connectivity index (χ1n) is 20.9. The summed E-state index contributed by atoms with van der Waals surface area (Å²) in [4.78, 5) is 6.96. The summed E-state index contributed by atoms with van der Waals surface area (Å²) in [6, 6.07) is 77.6. The largest absolute Gasteiger partial charge is 0.456 e. The van der Waals surface area contributed by atoms with Crippen LogP contribution in [0, 0.1) is 0 Å². The van der Waals surface area contributed by atoms with Gasteiger partial charge in [-0.25, -0.2) is 0 Å². The van der Waals surface area contributed by atoms with Crippen LogP contribution in [0.1, 0.15) is 22.3 Å². The summed E-state index contributed by atoms with van der Waals surface area (Å²) in [6.07, 6.45) is 1.83. The summed E-state index contributed by atoms with van der Waals surface area (Å²) >= 11 is 0. The van der Waals surface area contributed by atoms with Crippen molar-refractivity contribution in [2.45, 2.75) is 5.41 Å². The molecule has 2 aromatic heterocycles. The molecule has 9 aromatic carbocycles. The van der Waals surface area contributed by atoms with Crippen molar-refractivity contribution in [3.63, 3.8) is 0 Å². The highest BCUT2D eigenvalue weighted by Crippen LogP contribution is 2.63. The monoisotopic (exact) mass is 776 g/mol. The van der Waals surface area contributed by atoms with E-state index in [2.05, 4.69) is 210 Å². The molecule has 3 nitrogen and oxygen atoms in total. The predicted molar refractivity (Wildman–Crippen MR) is 251 cm³/mol. The van der Waals surface area contributed by atoms with Crippen LogP contribution in [0.2, 0.25) is 0 Å². The summed E-state index contributed by atoms with van der Waals surface area (Å²) in [5.41, 5.74) is 20.7. The first-order chi connectivity index (χ1) is 30.2. The number of pyridine rings is 1. The van der Waals surface area contributed by atoms with Gasteiger partial charge in [-0.3, -0.25) is 4.98 Å². The summed E-state index contributed by atoms with van der Waals surface area (Å²) < 4.78 is 6.32. The number of aromatic nitrogens is 1. The Balaban J connectivity index is 0.970. The Hall–Kier alpha value is -8.01. The molecule has 3 heteroatoms. The van der Waals surface area contributed by atoms with Crippen LogP contribution in [0.5, 0.6) is 0 Å². The topological polar surface area (TPSA) is 29.3 Å². The van der Waals surface area contributed by atoms with Crippen LogP contribution in [0.4, 0.5) is 17.1 Å². The number of furan rings is 1. The van der Waals surface area contributed by atoms with Crippen LogP contribution < -0.4 is 4.90 Å². The van der Waals surface area contributed by atoms with Crippen LogP contribution in [-0.2, 0) is 5.41 Å². The molecule has 11 aromatic rings. The summed E-state index contributed by atoms with van der Waals surface area (Å²) in [5.74, 6) is 0. The number of hydrogen-bond donors (Lipinski definition) is 0. The second kappa shape index (κ2) is 13.0. The molecule has 0 aliphatic heterocycles. The van der Waals surface area contributed by atoms with Crippen molar-refractivity contribution in [3.8, 4) is 44.5 Å². The molecule has 0 unspecified atom stereocenters. The lowest BCUT2D eigenvalue weighted by Crippen LogP contribution is -2.26. The molecule has 61 heavy (non-hydrogen) atoms. The molecule has 2 aliphatic carbocycles. The van der Waals surface area contributed by atoms with E-state index in [4.69, 9.17) is 4.42 Å². The molecule has 13 rings (SSSR count). The van der Waals surface area contributed by atoms with Crippen LogP contribution in [0.15, 0.2) is 223 Å². The fraction of sp³-hybridized carbons (Fsp3) is 0.0172. The molecular weight excluding hydrogens is 741 g/mol. The minimum Gasteiger partial charge on any atom is -0.456 e. The Morgan fingerprint density at radius 2 is 0.885 bits per heavy atom. The minimum absolute atomic E-state index is 0.430. The first-order valence-corrected chi connectivity index (χ1v) is 20.9. The second-order valence-corrected chi connectivity index (χ2v) is 16.3. The molecule has 0 bridgehead atoms. The molecule has 0 fully saturated rings. The second-order valence-electron chi connectivity index (χ2n) is 16.3. The number of anilines is 3. The van der Waals surface area contributed by atoms with Crippen molar-refractivity contribution < 1.29 is 4.42 Å². The third kappa shape index (κ3) is 4.95. The lowest BCUT2D eigenvalue weighted by atomic mass is 9.70. The van der Waals surface area contributed by atoms with Gasteiger partial charge in [-0.2, -0.15) is 0 Å². The third-order valence-electron chi connectivity index (χ3n) is 13.1. The zero-order valence-corrected chi connectivity index (χ0v) is 33.1. The van der Waals surface area contributed by atoms with Gasteiger partial charge in [0.05, 0.1) is 10.9 Å². The molecule has 0 saturated carbocycles. The van der Waals surface area contributed by atoms with E-state index in [0.717, 1.165) is 61.0 Å². The zero-order valence-electron chi connectivity index (χ0n) is 33.1. The smallest absolute Gasteiger partial charge is 0.137 e. The fourth-order valence-corrected chi connectivity index (χ4v) is 10.4. The SMILES string of the molecule is c1ccc(-c2ccc(N(c3ccc(-c4ccc5oc6cc7ncccc7cc6c5c4)cc3)c3ccc4c(c3)C3(c5ccccc5-c5ccccc53)c3ccccc3-4)cc2)cc1. The summed E-state index contributed by atoms with van der Waals surface area (Å²) in [5, 5.41) is 3.31. The summed E-state index contributed by atoms with van der Waals surface area (Å²) in [6.45, 7) is 0. The Morgan fingerprint density at radius 3 is 1.54 bits per heavy atom. The van der Waals surface area contributed by atoms with E-state index in [1.165, 1.54) is 55.6 Å². The highest BCUT2D eigenvalue weighted by atomic mass is 16.3. The molecule has 0 radical (unpaired) electrons. The molecular formula is C58H36N2O. The first kappa shape index (κ1) is 33.9. The summed E-state index contributed by atoms with van der Waals surface area (Å²) in [7, 11) is 0. The average Bonchev–Trinajstić information content (AvgIpc) is 3.95. The standard InChI is InChI=1S/C58H36N2O/c1-2-11-37(12-3-1)38-20-25-42(26-21-38)60(43-27-22-39(23-28-43)40-24-31-56-49(33-40)50-34-41-13-10-32-59-55(41)36-57(50)61-56)44-29-30-48-47-16-6-9-19-53(47)58(54(48)35-44)51-17-7-4-14-45(51)46-15-5-8-18-52(46)58/h1-36H. The van der Waals surface area contributed by atoms with Gasteiger partial charge in [0.15, 0.2) is 0 Å². The van der Waals surface area contributed by atoms with E-state index in [1.807, 2.05) is 18.3 Å². The molecule has 0 atom stereocenters. The zero-order chi connectivity index (χ0) is 40.1. The van der Waals surface area contributed by atoms with Gasteiger partial charge in [0, 0.05) is 45.5 Å². The maximum absolute atomic E-state index is 6.32. The predicted octanol–water partition coefficient (Wildman–Crippen LogP) is 15.3. The van der Waals surface area contributed by atoms with Gasteiger partial charge >= 0.3 is 0 Å². The Bertz CT molecular complexity index is 3460. The van der Waals surface area contributed by atoms with E-state index in [1.54, 1.807) is 0 Å². The van der Waals surface area contributed by atoms with Crippen LogP contribution >= 0.6 is 0 Å². The van der Waals surface area contributed by atoms with Crippen LogP contribution in [0.25, 0.3) is 77.3 Å². The lowest BCUT2D eigenvalue weighted by Gasteiger charge is -2.32. The normalized spacial score (nSPS) is 13.0. The van der Waals surface area contributed by atoms with Gasteiger partial charge in [0.1, 0.15) is 11.2 Å². The van der Waals surface area contributed by atoms with Gasteiger partial charge in [-0.05, 0) is 127 Å². The van der Waals surface area contributed by atoms with E-state index in [-0.39, 0.29) is 0 Å². The van der Waals surface area contributed by atoms with Gasteiger partial charge in [-0.15, -0.1) is 0 Å². The number of nitrogens with zero attached hydrogens (tertiary/aromatic N) is 2. The molecule has 0 N–H and O–H groups in total. The van der Waals surface area contributed by atoms with Crippen LogP contribution in [0.3, 0.4) is 0 Å². The molecule has 0 amide bonds. The van der Waals surface area contributed by atoms with Crippen molar-refractivity contribution in [1.29, 1.82) is 0 Å². The number of benzene rings is 9. The number of rotatable bonds is 5. The highest BCUT2D eigenvalue weighted by molar-refractivity contribution is 6.10. The van der Waals surface area contributed by atoms with Crippen molar-refractivity contribution in [2.75, 3.05) is 4.90 Å². The van der Waals surface area contributed by atoms with E-state index in [0.29, 0.717) is 0 Å². The molecule has 2 heterocycles. The minimum atomic E-state index is -0.430. The van der Waals surface area contributed by atoms with Gasteiger partial charge in [0.2, 0.25) is 0 Å². The van der Waals surface area contributed by atoms with Crippen molar-refractivity contribution in [2.24, 2.45) is 0 Å². The molecule has 0 saturated heterocycles. The van der Waals surface area contributed by atoms with E-state index >= 15 is 0 Å². The van der Waals surface area contributed by atoms with Crippen molar-refractivity contribution >= 4 is 49.9 Å². The van der Waals surface area contributed by atoms with E-state index in [9.17, 15) is 0 Å². The van der Waals surface area contributed by atoms with Gasteiger partial charge in [0.25, 0.3) is 0 Å². The molecule has 2 aliphatic rings. The van der Waals surface area contributed by atoms with E-state index < -0.39 is 5.41 Å². The average molecular weight is 777 g/mol. The highest BCUT2D eigenvalue weighted by Gasteiger charge is 2.51. The lowest BCUT2D eigenvalue weighted by molar-refractivity contribution is 0.669. The fourth-order valence-electron chi connectivity index (χ4n) is 10.4. The Kier molecular flexibility index (Phi) is 7.22. The maximum atomic E-state index is 6.32. The van der Waals surface area contributed by atoms with Crippen molar-refractivity contribution in [3.05, 3.63) is 241 Å². The van der Waals surface area contributed by atoms with Gasteiger partial charge in [-0.1, -0.05) is 146 Å². The molecule has 284 valence electrons.